The van der Waals surface area contributed by atoms with Crippen molar-refractivity contribution < 1.29 is 19.8 Å². The van der Waals surface area contributed by atoms with E-state index in [1.165, 1.54) is 14.2 Å². The van der Waals surface area contributed by atoms with Crippen LogP contribution in [0.2, 0.25) is 0 Å². The summed E-state index contributed by atoms with van der Waals surface area (Å²) in [6, 6.07) is 3.18. The Kier molecular flexibility index (Phi) is 3.55. The van der Waals surface area contributed by atoms with Crippen LogP contribution >= 0.6 is 0 Å². The van der Waals surface area contributed by atoms with Gasteiger partial charge in [-0.3, -0.25) is 0 Å². The van der Waals surface area contributed by atoms with Crippen LogP contribution < -0.4 is 15.0 Å². The monoisotopic (exact) mass is 199 g/mol. The lowest BCUT2D eigenvalue weighted by Crippen LogP contribution is -2.06. The van der Waals surface area contributed by atoms with Crippen LogP contribution in [0.25, 0.3) is 0 Å². The highest BCUT2D eigenvalue weighted by Crippen LogP contribution is 2.34. The van der Waals surface area contributed by atoms with Crippen molar-refractivity contribution >= 4 is 0 Å². The minimum atomic E-state index is -0.00477. The zero-order chi connectivity index (χ0) is 10.6. The fourth-order valence-electron chi connectivity index (χ4n) is 1.13. The van der Waals surface area contributed by atoms with E-state index in [4.69, 9.17) is 14.7 Å². The van der Waals surface area contributed by atoms with Gasteiger partial charge in [0.15, 0.2) is 11.5 Å². The molecule has 0 heterocycles. The summed E-state index contributed by atoms with van der Waals surface area (Å²) in [5, 5.41) is 18.1. The van der Waals surface area contributed by atoms with Crippen molar-refractivity contribution in [2.24, 2.45) is 0 Å². The summed E-state index contributed by atoms with van der Waals surface area (Å²) in [4.78, 5) is 0. The molecule has 0 spiro atoms. The summed E-state index contributed by atoms with van der Waals surface area (Å²) < 4.78 is 9.93. The van der Waals surface area contributed by atoms with Crippen LogP contribution in [-0.2, 0) is 6.54 Å². The Labute approximate surface area is 81.8 Å². The Balaban J connectivity index is 3.12. The summed E-state index contributed by atoms with van der Waals surface area (Å²) >= 11 is 0. The van der Waals surface area contributed by atoms with Gasteiger partial charge in [0.2, 0.25) is 0 Å². The van der Waals surface area contributed by atoms with Crippen LogP contribution in [0.5, 0.6) is 17.2 Å². The van der Waals surface area contributed by atoms with Gasteiger partial charge in [0, 0.05) is 18.2 Å². The normalized spacial score (nSPS) is 9.93. The average molecular weight is 199 g/mol. The lowest BCUT2D eigenvalue weighted by atomic mass is 10.1. The fourth-order valence-corrected chi connectivity index (χ4v) is 1.13. The maximum Gasteiger partial charge on any atom is 0.164 e. The van der Waals surface area contributed by atoms with E-state index >= 15 is 0 Å². The smallest absolute Gasteiger partial charge is 0.164 e. The molecule has 0 saturated carbocycles. The summed E-state index contributed by atoms with van der Waals surface area (Å²) in [7, 11) is 2.96. The van der Waals surface area contributed by atoms with Crippen molar-refractivity contribution in [3.63, 3.8) is 0 Å². The molecular formula is C9H13NO4. The second-order valence-corrected chi connectivity index (χ2v) is 2.67. The fraction of sp³-hybridized carbons (Fsp3) is 0.333. The maximum atomic E-state index is 9.61. The standard InChI is InChI=1S/C9H13NO4/c1-13-7-3-6(5-10-12)9(11)8(4-7)14-2/h3-4,10-12H,5H2,1-2H3. The molecule has 5 heteroatoms. The van der Waals surface area contributed by atoms with Crippen molar-refractivity contribution in [3.05, 3.63) is 17.7 Å². The molecule has 5 nitrogen and oxygen atoms in total. The molecule has 1 rings (SSSR count). The van der Waals surface area contributed by atoms with Gasteiger partial charge in [-0.25, -0.2) is 5.48 Å². The van der Waals surface area contributed by atoms with Gasteiger partial charge >= 0.3 is 0 Å². The van der Waals surface area contributed by atoms with Gasteiger partial charge in [0.05, 0.1) is 14.2 Å². The quantitative estimate of drug-likeness (QED) is 0.628. The van der Waals surface area contributed by atoms with Gasteiger partial charge in [-0.05, 0) is 6.07 Å². The number of hydroxylamine groups is 1. The molecule has 1 aromatic rings. The molecule has 0 aliphatic carbocycles. The predicted octanol–water partition coefficient (Wildman–Crippen LogP) is 0.888. The Morgan fingerprint density at radius 2 is 2.00 bits per heavy atom. The number of rotatable bonds is 4. The number of phenolic OH excluding ortho intramolecular Hbond substituents is 1. The van der Waals surface area contributed by atoms with Crippen LogP contribution in [0.1, 0.15) is 5.56 Å². The van der Waals surface area contributed by atoms with Gasteiger partial charge in [-0.1, -0.05) is 0 Å². The van der Waals surface area contributed by atoms with Crippen molar-refractivity contribution in [3.8, 4) is 17.2 Å². The molecular weight excluding hydrogens is 186 g/mol. The third-order valence-electron chi connectivity index (χ3n) is 1.85. The Bertz CT molecular complexity index is 314. The van der Waals surface area contributed by atoms with E-state index in [-0.39, 0.29) is 12.3 Å². The highest BCUT2D eigenvalue weighted by atomic mass is 16.5. The zero-order valence-corrected chi connectivity index (χ0v) is 8.07. The zero-order valence-electron chi connectivity index (χ0n) is 8.07. The molecule has 0 saturated heterocycles. The number of ether oxygens (including phenoxy) is 2. The molecule has 0 unspecified atom stereocenters. The van der Waals surface area contributed by atoms with Crippen LogP contribution in [0.3, 0.4) is 0 Å². The van der Waals surface area contributed by atoms with Crippen LogP contribution in [0.15, 0.2) is 12.1 Å². The molecule has 78 valence electrons. The van der Waals surface area contributed by atoms with E-state index < -0.39 is 0 Å². The number of phenols is 1. The highest BCUT2D eigenvalue weighted by molar-refractivity contribution is 5.50. The van der Waals surface area contributed by atoms with Crippen LogP contribution in [-0.4, -0.2) is 24.5 Å². The first-order valence-corrected chi connectivity index (χ1v) is 4.03. The summed E-state index contributed by atoms with van der Waals surface area (Å²) in [6.07, 6.45) is 0. The largest absolute Gasteiger partial charge is 0.504 e. The second-order valence-electron chi connectivity index (χ2n) is 2.67. The summed E-state index contributed by atoms with van der Waals surface area (Å²) in [6.45, 7) is 0.124. The third kappa shape index (κ3) is 2.07. The van der Waals surface area contributed by atoms with Gasteiger partial charge in [0.1, 0.15) is 5.75 Å². The first-order valence-electron chi connectivity index (χ1n) is 4.03. The van der Waals surface area contributed by atoms with Crippen molar-refractivity contribution in [1.29, 1.82) is 0 Å². The lowest BCUT2D eigenvalue weighted by molar-refractivity contribution is 0.160. The van der Waals surface area contributed by atoms with Crippen molar-refractivity contribution in [2.45, 2.75) is 6.54 Å². The van der Waals surface area contributed by atoms with Crippen LogP contribution in [0.4, 0.5) is 0 Å². The molecule has 3 N–H and O–H groups in total. The molecule has 0 fully saturated rings. The SMILES string of the molecule is COc1cc(CNO)c(O)c(OC)c1. The third-order valence-corrected chi connectivity index (χ3v) is 1.85. The van der Waals surface area contributed by atoms with Gasteiger partial charge in [0.25, 0.3) is 0 Å². The predicted molar refractivity (Wildman–Crippen MR) is 49.8 cm³/mol. The molecule has 0 aliphatic heterocycles. The van der Waals surface area contributed by atoms with Gasteiger partial charge in [-0.15, -0.1) is 0 Å². The average Bonchev–Trinajstić information content (AvgIpc) is 2.21. The lowest BCUT2D eigenvalue weighted by Gasteiger charge is -2.10. The molecule has 1 aromatic carbocycles. The molecule has 0 radical (unpaired) electrons. The first-order chi connectivity index (χ1) is 6.72. The van der Waals surface area contributed by atoms with E-state index in [1.807, 2.05) is 5.48 Å². The number of nitrogens with one attached hydrogen (secondary N) is 1. The minimum absolute atomic E-state index is 0.00477. The van der Waals surface area contributed by atoms with E-state index in [0.717, 1.165) is 0 Å². The molecule has 14 heavy (non-hydrogen) atoms. The van der Waals surface area contributed by atoms with Gasteiger partial charge in [-0.2, -0.15) is 0 Å². The summed E-state index contributed by atoms with van der Waals surface area (Å²) in [5.41, 5.74) is 2.46. The van der Waals surface area contributed by atoms with Gasteiger partial charge < -0.3 is 19.8 Å². The summed E-state index contributed by atoms with van der Waals surface area (Å²) in [5.74, 6) is 0.870. The van der Waals surface area contributed by atoms with Crippen molar-refractivity contribution in [2.75, 3.05) is 14.2 Å². The van der Waals surface area contributed by atoms with E-state index in [2.05, 4.69) is 0 Å². The highest BCUT2D eigenvalue weighted by Gasteiger charge is 2.10. The molecule has 0 aliphatic rings. The maximum absolute atomic E-state index is 9.61. The van der Waals surface area contributed by atoms with Crippen LogP contribution in [0, 0.1) is 0 Å². The van der Waals surface area contributed by atoms with E-state index in [9.17, 15) is 5.11 Å². The molecule has 0 bridgehead atoms. The molecule has 0 aromatic heterocycles. The van der Waals surface area contributed by atoms with Crippen molar-refractivity contribution in [1.82, 2.24) is 5.48 Å². The number of hydrogen-bond acceptors (Lipinski definition) is 5. The molecule has 0 atom stereocenters. The Morgan fingerprint density at radius 3 is 2.50 bits per heavy atom. The topological polar surface area (TPSA) is 71.0 Å². The number of hydrogen-bond donors (Lipinski definition) is 3. The first kappa shape index (κ1) is 10.6. The second kappa shape index (κ2) is 4.69. The van der Waals surface area contributed by atoms with E-state index in [0.29, 0.717) is 17.1 Å². The number of methoxy groups -OCH3 is 2. The minimum Gasteiger partial charge on any atom is -0.504 e. The number of benzene rings is 1. The Morgan fingerprint density at radius 1 is 1.29 bits per heavy atom. The molecule has 0 amide bonds. The Hall–Kier alpha value is -1.46. The number of aromatic hydroxyl groups is 1. The van der Waals surface area contributed by atoms with E-state index in [1.54, 1.807) is 12.1 Å².